The summed E-state index contributed by atoms with van der Waals surface area (Å²) >= 11 is 0. The molecule has 4 atom stereocenters. The van der Waals surface area contributed by atoms with E-state index in [-0.39, 0.29) is 17.5 Å². The maximum absolute atomic E-state index is 11.6. The van der Waals surface area contributed by atoms with Crippen LogP contribution >= 0.6 is 0 Å². The largest absolute Gasteiger partial charge is 0.455 e. The van der Waals surface area contributed by atoms with Gasteiger partial charge in [0.2, 0.25) is 0 Å². The Balaban J connectivity index is 2.04. The van der Waals surface area contributed by atoms with E-state index in [1.807, 2.05) is 0 Å². The Morgan fingerprint density at radius 2 is 2.00 bits per heavy atom. The van der Waals surface area contributed by atoms with Gasteiger partial charge in [-0.3, -0.25) is 0 Å². The van der Waals surface area contributed by atoms with E-state index < -0.39 is 0 Å². The highest BCUT2D eigenvalue weighted by Crippen LogP contribution is 2.68. The van der Waals surface area contributed by atoms with Crippen LogP contribution in [-0.4, -0.2) is 11.6 Å². The maximum Gasteiger partial charge on any atom is 0.334 e. The molecule has 4 aliphatic rings. The van der Waals surface area contributed by atoms with Crippen molar-refractivity contribution >= 4 is 5.97 Å². The smallest absolute Gasteiger partial charge is 0.334 e. The van der Waals surface area contributed by atoms with Gasteiger partial charge in [-0.05, 0) is 31.1 Å². The van der Waals surface area contributed by atoms with Crippen molar-refractivity contribution in [2.24, 2.45) is 23.2 Å². The van der Waals surface area contributed by atoms with Crippen LogP contribution in [0.4, 0.5) is 0 Å². The van der Waals surface area contributed by atoms with Gasteiger partial charge in [0, 0.05) is 17.4 Å². The van der Waals surface area contributed by atoms with Gasteiger partial charge in [0.25, 0.3) is 0 Å². The molecular weight excluding hydrogens is 188 g/mol. The summed E-state index contributed by atoms with van der Waals surface area (Å²) < 4.78 is 5.61. The van der Waals surface area contributed by atoms with Gasteiger partial charge in [-0.25, -0.2) is 4.79 Å². The zero-order chi connectivity index (χ0) is 11.0. The number of hydrogen-bond donors (Lipinski definition) is 0. The molecule has 1 saturated heterocycles. The van der Waals surface area contributed by atoms with E-state index in [0.29, 0.717) is 16.9 Å². The first-order valence-electron chi connectivity index (χ1n) is 5.79. The summed E-state index contributed by atoms with van der Waals surface area (Å²) in [5.74, 6) is 1.40. The predicted molar refractivity (Wildman–Crippen MR) is 57.1 cm³/mol. The fourth-order valence-corrected chi connectivity index (χ4v) is 4.19. The van der Waals surface area contributed by atoms with Crippen LogP contribution in [-0.2, 0) is 9.53 Å². The zero-order valence-electron chi connectivity index (χ0n) is 9.67. The van der Waals surface area contributed by atoms with Crippen LogP contribution < -0.4 is 0 Å². The summed E-state index contributed by atoms with van der Waals surface area (Å²) in [6.45, 7) is 10.6. The molecule has 3 saturated carbocycles. The molecule has 0 spiro atoms. The molecule has 0 aromatic heterocycles. The minimum absolute atomic E-state index is 0.161. The number of carbonyl (C=O) groups excluding carboxylic acids is 1. The minimum Gasteiger partial charge on any atom is -0.455 e. The molecule has 4 rings (SSSR count). The molecule has 0 aromatic rings. The van der Waals surface area contributed by atoms with E-state index in [1.54, 1.807) is 0 Å². The third kappa shape index (κ3) is 0.849. The van der Waals surface area contributed by atoms with E-state index in [2.05, 4.69) is 27.4 Å². The standard InChI is InChI=1S/C13H18O2/c1-7-9-5-8-6-10(12(8,2)3)13(9,4)15-11(7)14/h8-10H,1,5-6H2,2-4H3/t8-,9-,10+,13+/m1/s1. The van der Waals surface area contributed by atoms with E-state index >= 15 is 0 Å². The van der Waals surface area contributed by atoms with Gasteiger partial charge in [-0.2, -0.15) is 0 Å². The summed E-state index contributed by atoms with van der Waals surface area (Å²) in [5.41, 5.74) is 0.797. The van der Waals surface area contributed by atoms with E-state index in [9.17, 15) is 4.79 Å². The van der Waals surface area contributed by atoms with Crippen molar-refractivity contribution < 1.29 is 9.53 Å². The number of hydrogen-bond acceptors (Lipinski definition) is 2. The minimum atomic E-state index is -0.258. The number of ether oxygens (including phenoxy) is 1. The van der Waals surface area contributed by atoms with Gasteiger partial charge >= 0.3 is 5.97 Å². The fourth-order valence-electron chi connectivity index (χ4n) is 4.19. The average molecular weight is 206 g/mol. The van der Waals surface area contributed by atoms with Crippen molar-refractivity contribution in [2.75, 3.05) is 0 Å². The first-order valence-corrected chi connectivity index (χ1v) is 5.79. The summed E-state index contributed by atoms with van der Waals surface area (Å²) in [7, 11) is 0. The molecule has 0 unspecified atom stereocenters. The fraction of sp³-hybridized carbons (Fsp3) is 0.769. The summed E-state index contributed by atoms with van der Waals surface area (Å²) in [6, 6.07) is 0. The van der Waals surface area contributed by atoms with Crippen LogP contribution in [0.2, 0.25) is 0 Å². The maximum atomic E-state index is 11.6. The molecule has 0 aromatic carbocycles. The Morgan fingerprint density at radius 1 is 1.33 bits per heavy atom. The third-order valence-electron chi connectivity index (χ3n) is 5.37. The van der Waals surface area contributed by atoms with Crippen molar-refractivity contribution in [3.63, 3.8) is 0 Å². The topological polar surface area (TPSA) is 26.3 Å². The monoisotopic (exact) mass is 206 g/mol. The van der Waals surface area contributed by atoms with Crippen LogP contribution in [0.25, 0.3) is 0 Å². The highest BCUT2D eigenvalue weighted by molar-refractivity contribution is 5.91. The molecule has 0 amide bonds. The molecule has 3 aliphatic carbocycles. The first-order chi connectivity index (χ1) is 6.87. The van der Waals surface area contributed by atoms with Crippen molar-refractivity contribution in [1.82, 2.24) is 0 Å². The lowest BCUT2D eigenvalue weighted by atomic mass is 9.42. The van der Waals surface area contributed by atoms with Crippen molar-refractivity contribution in [2.45, 2.75) is 39.2 Å². The van der Waals surface area contributed by atoms with Crippen molar-refractivity contribution in [3.8, 4) is 0 Å². The lowest BCUT2D eigenvalue weighted by molar-refractivity contribution is -0.213. The number of esters is 1. The quantitative estimate of drug-likeness (QED) is 0.449. The molecular formula is C13H18O2. The third-order valence-corrected chi connectivity index (χ3v) is 5.37. The highest BCUT2D eigenvalue weighted by atomic mass is 16.6. The highest BCUT2D eigenvalue weighted by Gasteiger charge is 2.68. The van der Waals surface area contributed by atoms with Gasteiger partial charge in [0.05, 0.1) is 0 Å². The van der Waals surface area contributed by atoms with Gasteiger partial charge in [0.1, 0.15) is 5.60 Å². The molecule has 1 heterocycles. The normalized spacial score (nSPS) is 50.7. The molecule has 1 aliphatic heterocycles. The Bertz CT molecular complexity index is 369. The molecule has 2 heteroatoms. The van der Waals surface area contributed by atoms with Crippen LogP contribution in [0.15, 0.2) is 12.2 Å². The van der Waals surface area contributed by atoms with Crippen LogP contribution in [0.1, 0.15) is 33.6 Å². The zero-order valence-corrected chi connectivity index (χ0v) is 9.67. The second-order valence-corrected chi connectivity index (χ2v) is 6.19. The molecule has 0 radical (unpaired) electrons. The van der Waals surface area contributed by atoms with Crippen molar-refractivity contribution in [1.29, 1.82) is 0 Å². The molecule has 82 valence electrons. The van der Waals surface area contributed by atoms with Gasteiger partial charge in [-0.15, -0.1) is 0 Å². The molecule has 15 heavy (non-hydrogen) atoms. The molecule has 4 fully saturated rings. The van der Waals surface area contributed by atoms with Gasteiger partial charge < -0.3 is 4.74 Å². The summed E-state index contributed by atoms with van der Waals surface area (Å²) in [4.78, 5) is 11.6. The lowest BCUT2D eigenvalue weighted by Crippen LogP contribution is -2.63. The Kier molecular flexibility index (Phi) is 1.45. The van der Waals surface area contributed by atoms with Crippen LogP contribution in [0.3, 0.4) is 0 Å². The van der Waals surface area contributed by atoms with Crippen LogP contribution in [0.5, 0.6) is 0 Å². The first kappa shape index (κ1) is 9.44. The second kappa shape index (κ2) is 2.31. The molecule has 2 bridgehead atoms. The van der Waals surface area contributed by atoms with E-state index in [0.717, 1.165) is 12.3 Å². The Labute approximate surface area is 90.7 Å². The average Bonchev–Trinajstić information content (AvgIpc) is 2.37. The molecule has 0 N–H and O–H groups in total. The Morgan fingerprint density at radius 3 is 2.60 bits per heavy atom. The van der Waals surface area contributed by atoms with Gasteiger partial charge in [-0.1, -0.05) is 20.4 Å². The number of carbonyl (C=O) groups is 1. The second-order valence-electron chi connectivity index (χ2n) is 6.19. The summed E-state index contributed by atoms with van der Waals surface area (Å²) in [6.07, 6.45) is 2.31. The van der Waals surface area contributed by atoms with Gasteiger partial charge in [0.15, 0.2) is 0 Å². The number of rotatable bonds is 0. The van der Waals surface area contributed by atoms with Crippen molar-refractivity contribution in [3.05, 3.63) is 12.2 Å². The van der Waals surface area contributed by atoms with E-state index in [1.165, 1.54) is 6.42 Å². The Hall–Kier alpha value is -0.790. The lowest BCUT2D eigenvalue weighted by Gasteiger charge is -2.64. The molecule has 2 nitrogen and oxygen atoms in total. The summed E-state index contributed by atoms with van der Waals surface area (Å²) in [5, 5.41) is 0. The van der Waals surface area contributed by atoms with E-state index in [4.69, 9.17) is 4.74 Å². The van der Waals surface area contributed by atoms with Crippen LogP contribution in [0, 0.1) is 23.2 Å². The SMILES string of the molecule is C=C1C(=O)O[C@@]2(C)[C@@H]1C[C@@H]1C[C@H]2C1(C)C. The predicted octanol–water partition coefficient (Wildman–Crippen LogP) is 2.54.